The summed E-state index contributed by atoms with van der Waals surface area (Å²) in [6.07, 6.45) is 3.72. The van der Waals surface area contributed by atoms with E-state index in [9.17, 15) is 4.79 Å². The van der Waals surface area contributed by atoms with Crippen molar-refractivity contribution in [1.29, 1.82) is 0 Å². The van der Waals surface area contributed by atoms with Gasteiger partial charge in [-0.2, -0.15) is 0 Å². The molecule has 1 aliphatic heterocycles. The number of benzene rings is 2. The van der Waals surface area contributed by atoms with Gasteiger partial charge in [0.05, 0.1) is 24.4 Å². The number of rotatable bonds is 7. The lowest BCUT2D eigenvalue weighted by atomic mass is 10.0. The van der Waals surface area contributed by atoms with Crippen LogP contribution in [-0.2, 0) is 23.1 Å². The molecule has 1 fully saturated rings. The zero-order valence-electron chi connectivity index (χ0n) is 24.2. The molecule has 2 aromatic carbocycles. The van der Waals surface area contributed by atoms with Crippen molar-refractivity contribution in [2.75, 3.05) is 38.3 Å². The number of hydrogen-bond acceptors (Lipinski definition) is 6. The summed E-state index contributed by atoms with van der Waals surface area (Å²) in [6, 6.07) is 20.2. The average Bonchev–Trinajstić information content (AvgIpc) is 2.98. The maximum absolute atomic E-state index is 12.0. The van der Waals surface area contributed by atoms with Crippen LogP contribution in [0.3, 0.4) is 0 Å². The van der Waals surface area contributed by atoms with Crippen LogP contribution in [0.2, 0.25) is 0 Å². The molecule has 7 heteroatoms. The highest BCUT2D eigenvalue weighted by atomic mass is 16.5. The van der Waals surface area contributed by atoms with E-state index in [0.717, 1.165) is 68.8 Å². The third-order valence-electron chi connectivity index (χ3n) is 7.21. The molecule has 7 nitrogen and oxygen atoms in total. The number of aliphatic imine (C=N–C) groups is 1. The molecule has 5 rings (SSSR count). The maximum atomic E-state index is 12.0. The van der Waals surface area contributed by atoms with Gasteiger partial charge in [-0.3, -0.25) is 9.79 Å². The molecule has 0 aliphatic carbocycles. The van der Waals surface area contributed by atoms with Crippen LogP contribution in [-0.4, -0.2) is 48.8 Å². The van der Waals surface area contributed by atoms with Crippen LogP contribution in [0, 0.1) is 6.92 Å². The Labute approximate surface area is 241 Å². The van der Waals surface area contributed by atoms with Crippen LogP contribution in [0.4, 0.5) is 5.69 Å². The minimum absolute atomic E-state index is 0.0780. The molecule has 3 heterocycles. The predicted molar refractivity (Wildman–Crippen MR) is 168 cm³/mol. The molecule has 0 saturated carbocycles. The first-order chi connectivity index (χ1) is 19.8. The number of para-hydroxylation sites is 1. The first kappa shape index (κ1) is 28.1. The molecular formula is C34H36N4O3. The van der Waals surface area contributed by atoms with Crippen molar-refractivity contribution in [3.63, 3.8) is 0 Å². The van der Waals surface area contributed by atoms with Crippen molar-refractivity contribution in [3.8, 4) is 11.3 Å². The Kier molecular flexibility index (Phi) is 8.45. The van der Waals surface area contributed by atoms with Crippen LogP contribution in [0.5, 0.6) is 0 Å². The van der Waals surface area contributed by atoms with Crippen molar-refractivity contribution >= 4 is 28.1 Å². The quantitative estimate of drug-likeness (QED) is 0.162. The molecule has 4 aromatic rings. The normalized spacial score (nSPS) is 14.4. The number of anilines is 1. The summed E-state index contributed by atoms with van der Waals surface area (Å²) in [5.41, 5.74) is 8.68. The highest BCUT2D eigenvalue weighted by Crippen LogP contribution is 2.32. The summed E-state index contributed by atoms with van der Waals surface area (Å²) in [4.78, 5) is 23.9. The molecule has 210 valence electrons. The molecule has 2 aromatic heterocycles. The van der Waals surface area contributed by atoms with Crippen LogP contribution in [0.25, 0.3) is 27.7 Å². The number of fused-ring (bicyclic) bond motifs is 1. The second-order valence-corrected chi connectivity index (χ2v) is 10.4. The highest BCUT2D eigenvalue weighted by molar-refractivity contribution is 6.20. The van der Waals surface area contributed by atoms with Gasteiger partial charge in [-0.25, -0.2) is 4.98 Å². The van der Waals surface area contributed by atoms with Crippen molar-refractivity contribution < 1.29 is 9.47 Å². The van der Waals surface area contributed by atoms with E-state index < -0.39 is 0 Å². The molecule has 0 bridgehead atoms. The minimum Gasteiger partial charge on any atom is -0.473 e. The van der Waals surface area contributed by atoms with Crippen molar-refractivity contribution in [2.24, 2.45) is 12.0 Å². The van der Waals surface area contributed by atoms with Gasteiger partial charge in [0.2, 0.25) is 11.5 Å². The van der Waals surface area contributed by atoms with E-state index in [1.54, 1.807) is 37.0 Å². The molecule has 0 spiro atoms. The van der Waals surface area contributed by atoms with Gasteiger partial charge in [-0.05, 0) is 49.8 Å². The SMILES string of the molecule is C=C(C)/C=C(\C(=NC)OCc1ccc(-c2nc3ccccc3cc2C)cc1N1CCOCC1)c1ccc(=O)n(C)c1. The average molecular weight is 549 g/mol. The van der Waals surface area contributed by atoms with Gasteiger partial charge in [0, 0.05) is 72.8 Å². The molecule has 1 saturated heterocycles. The minimum atomic E-state index is -0.0780. The Balaban J connectivity index is 1.50. The number of nitrogens with zero attached hydrogens (tertiary/aromatic N) is 4. The standard InChI is InChI=1S/C34H36N4O3/c1-23(2)18-29(27-12-13-32(39)37(5)21-27)34(35-4)41-22-28-11-10-26(20-31(28)38-14-16-40-17-15-38)33-24(3)19-25-8-6-7-9-30(25)36-33/h6-13,18-21H,1,14-17,22H2,2-5H3/b29-18-,35-34?. The van der Waals surface area contributed by atoms with E-state index in [4.69, 9.17) is 14.5 Å². The Hall–Kier alpha value is -4.49. The van der Waals surface area contributed by atoms with Gasteiger partial charge in [0.15, 0.2) is 0 Å². The number of morpholine rings is 1. The van der Waals surface area contributed by atoms with Crippen LogP contribution in [0.15, 0.2) is 94.9 Å². The number of allylic oxidation sites excluding steroid dienone is 2. The van der Waals surface area contributed by atoms with E-state index >= 15 is 0 Å². The molecule has 41 heavy (non-hydrogen) atoms. The first-order valence-electron chi connectivity index (χ1n) is 13.8. The first-order valence-corrected chi connectivity index (χ1v) is 13.8. The monoisotopic (exact) mass is 548 g/mol. The van der Waals surface area contributed by atoms with Crippen molar-refractivity contribution in [1.82, 2.24) is 9.55 Å². The van der Waals surface area contributed by atoms with E-state index in [2.05, 4.69) is 59.8 Å². The molecule has 0 amide bonds. The Morgan fingerprint density at radius 1 is 1.12 bits per heavy atom. The van der Waals surface area contributed by atoms with Gasteiger partial charge < -0.3 is 18.9 Å². The second kappa shape index (κ2) is 12.4. The topological polar surface area (TPSA) is 69.0 Å². The molecule has 1 aliphatic rings. The lowest BCUT2D eigenvalue weighted by Gasteiger charge is -2.31. The Morgan fingerprint density at radius 3 is 2.63 bits per heavy atom. The largest absolute Gasteiger partial charge is 0.473 e. The summed E-state index contributed by atoms with van der Waals surface area (Å²) in [5, 5.41) is 1.13. The summed E-state index contributed by atoms with van der Waals surface area (Å²) < 4.78 is 13.6. The zero-order valence-corrected chi connectivity index (χ0v) is 24.2. The number of ether oxygens (including phenoxy) is 2. The fourth-order valence-corrected chi connectivity index (χ4v) is 5.12. The van der Waals surface area contributed by atoms with Crippen LogP contribution in [0.1, 0.15) is 23.6 Å². The van der Waals surface area contributed by atoms with Gasteiger partial charge in [0.1, 0.15) is 6.61 Å². The summed E-state index contributed by atoms with van der Waals surface area (Å²) in [5.74, 6) is 0.482. The number of hydrogen-bond donors (Lipinski definition) is 0. The van der Waals surface area contributed by atoms with E-state index in [1.165, 1.54) is 0 Å². The lowest BCUT2D eigenvalue weighted by Crippen LogP contribution is -2.36. The van der Waals surface area contributed by atoms with E-state index in [-0.39, 0.29) is 5.56 Å². The zero-order chi connectivity index (χ0) is 28.9. The smallest absolute Gasteiger partial charge is 0.250 e. The fraction of sp³-hybridized carbons (Fsp3) is 0.265. The Bertz CT molecular complexity index is 1710. The summed E-state index contributed by atoms with van der Waals surface area (Å²) in [7, 11) is 3.44. The summed E-state index contributed by atoms with van der Waals surface area (Å²) in [6.45, 7) is 11.4. The molecule has 0 atom stereocenters. The third-order valence-corrected chi connectivity index (χ3v) is 7.21. The number of pyridine rings is 2. The molecule has 0 radical (unpaired) electrons. The van der Waals surface area contributed by atoms with Gasteiger partial charge in [0.25, 0.3) is 0 Å². The van der Waals surface area contributed by atoms with Crippen LogP contribution >= 0.6 is 0 Å². The molecule has 0 unspecified atom stereocenters. The highest BCUT2D eigenvalue weighted by Gasteiger charge is 2.19. The van der Waals surface area contributed by atoms with Crippen LogP contribution < -0.4 is 10.5 Å². The van der Waals surface area contributed by atoms with Gasteiger partial charge in [-0.15, -0.1) is 0 Å². The lowest BCUT2D eigenvalue weighted by molar-refractivity contribution is 0.122. The van der Waals surface area contributed by atoms with E-state index in [0.29, 0.717) is 25.7 Å². The molecular weight excluding hydrogens is 512 g/mol. The number of aromatic nitrogens is 2. The fourth-order valence-electron chi connectivity index (χ4n) is 5.12. The Morgan fingerprint density at radius 2 is 1.90 bits per heavy atom. The third kappa shape index (κ3) is 6.31. The number of aryl methyl sites for hydroxylation is 2. The van der Waals surface area contributed by atoms with Gasteiger partial charge >= 0.3 is 0 Å². The van der Waals surface area contributed by atoms with Crippen molar-refractivity contribution in [2.45, 2.75) is 20.5 Å². The predicted octanol–water partition coefficient (Wildman–Crippen LogP) is 5.95. The van der Waals surface area contributed by atoms with Crippen molar-refractivity contribution in [3.05, 3.63) is 112 Å². The second-order valence-electron chi connectivity index (χ2n) is 10.4. The molecule has 0 N–H and O–H groups in total. The van der Waals surface area contributed by atoms with E-state index in [1.807, 2.05) is 25.1 Å². The van der Waals surface area contributed by atoms with Gasteiger partial charge in [-0.1, -0.05) is 42.5 Å². The maximum Gasteiger partial charge on any atom is 0.250 e. The summed E-state index contributed by atoms with van der Waals surface area (Å²) >= 11 is 0.